The largest absolute Gasteiger partial charge is 0.394 e. The van der Waals surface area contributed by atoms with Gasteiger partial charge in [0.25, 0.3) is 5.56 Å². The molecule has 3 rings (SSSR count). The first-order valence-electron chi connectivity index (χ1n) is 7.61. The number of ether oxygens (including phenoxy) is 1. The second-order valence-corrected chi connectivity index (χ2v) is 6.08. The third-order valence-electron chi connectivity index (χ3n) is 4.38. The van der Waals surface area contributed by atoms with E-state index in [4.69, 9.17) is 10.5 Å². The summed E-state index contributed by atoms with van der Waals surface area (Å²) in [7, 11) is 0. The fourth-order valence-corrected chi connectivity index (χ4v) is 3.06. The summed E-state index contributed by atoms with van der Waals surface area (Å²) >= 11 is 0. The van der Waals surface area contributed by atoms with Crippen molar-refractivity contribution in [3.05, 3.63) is 22.1 Å². The van der Waals surface area contributed by atoms with Gasteiger partial charge in [-0.3, -0.25) is 9.78 Å². The Kier molecular flexibility index (Phi) is 4.53. The van der Waals surface area contributed by atoms with Crippen molar-refractivity contribution in [3.8, 4) is 0 Å². The number of nitrogens with zero attached hydrogens (tertiary/aromatic N) is 2. The minimum atomic E-state index is -1.76. The molecule has 0 amide bonds. The number of aryl methyl sites for hydroxylation is 1. The summed E-state index contributed by atoms with van der Waals surface area (Å²) in [4.78, 5) is 18.5. The molecule has 0 aromatic carbocycles. The van der Waals surface area contributed by atoms with Crippen molar-refractivity contribution in [3.63, 3.8) is 0 Å². The molecule has 1 fully saturated rings. The number of nitrogens with two attached hydrogens (primary N) is 1. The summed E-state index contributed by atoms with van der Waals surface area (Å²) in [6.07, 6.45) is -7.92. The smallest absolute Gasteiger partial charge is 0.262 e. The van der Waals surface area contributed by atoms with Gasteiger partial charge < -0.3 is 40.6 Å². The Labute approximate surface area is 140 Å². The van der Waals surface area contributed by atoms with Crippen LogP contribution in [0.2, 0.25) is 0 Å². The topological polar surface area (TPSA) is 187 Å². The Morgan fingerprint density at radius 1 is 1.24 bits per heavy atom. The SMILES string of the molecule is Cc1cn([C@@H]2O[C@H](CO)[C@@H](O)[C@@H](O)[C@@H](O)[C@H]2O)c2nc(N)[nH]c(=O)c12. The van der Waals surface area contributed by atoms with Crippen LogP contribution in [0.15, 0.2) is 11.0 Å². The maximum atomic E-state index is 12.1. The summed E-state index contributed by atoms with van der Waals surface area (Å²) in [6, 6.07) is 0. The monoisotopic (exact) mass is 356 g/mol. The fraction of sp³-hybridized carbons (Fsp3) is 0.571. The van der Waals surface area contributed by atoms with E-state index in [0.29, 0.717) is 5.56 Å². The molecule has 0 bridgehead atoms. The normalized spacial score (nSPS) is 33.5. The van der Waals surface area contributed by atoms with Crippen molar-refractivity contribution >= 4 is 17.0 Å². The van der Waals surface area contributed by atoms with E-state index in [1.54, 1.807) is 6.92 Å². The molecule has 2 aromatic heterocycles. The first-order valence-corrected chi connectivity index (χ1v) is 7.61. The Hall–Kier alpha value is -2.02. The van der Waals surface area contributed by atoms with Gasteiger partial charge in [0.1, 0.15) is 30.5 Å². The number of nitrogen functional groups attached to an aromatic ring is 1. The van der Waals surface area contributed by atoms with Crippen molar-refractivity contribution in [2.24, 2.45) is 0 Å². The van der Waals surface area contributed by atoms with Crippen molar-refractivity contribution in [2.75, 3.05) is 12.3 Å². The van der Waals surface area contributed by atoms with Crippen LogP contribution < -0.4 is 11.3 Å². The average Bonchev–Trinajstić information content (AvgIpc) is 2.86. The number of rotatable bonds is 2. The van der Waals surface area contributed by atoms with Gasteiger partial charge in [-0.25, -0.2) is 0 Å². The molecule has 8 N–H and O–H groups in total. The van der Waals surface area contributed by atoms with Crippen molar-refractivity contribution < 1.29 is 30.3 Å². The zero-order valence-electron chi connectivity index (χ0n) is 13.3. The highest BCUT2D eigenvalue weighted by molar-refractivity contribution is 5.80. The number of hydrogen-bond acceptors (Lipinski definition) is 9. The maximum Gasteiger partial charge on any atom is 0.262 e. The van der Waals surface area contributed by atoms with Crippen LogP contribution in [0.1, 0.15) is 11.8 Å². The molecule has 2 aromatic rings. The first kappa shape index (κ1) is 17.8. The van der Waals surface area contributed by atoms with Crippen LogP contribution >= 0.6 is 0 Å². The molecule has 3 heterocycles. The van der Waals surface area contributed by atoms with Gasteiger partial charge in [-0.1, -0.05) is 0 Å². The van der Waals surface area contributed by atoms with Crippen LogP contribution in [0.5, 0.6) is 0 Å². The highest BCUT2D eigenvalue weighted by Gasteiger charge is 2.45. The van der Waals surface area contributed by atoms with Gasteiger partial charge in [-0.05, 0) is 12.5 Å². The molecular weight excluding hydrogens is 336 g/mol. The van der Waals surface area contributed by atoms with Crippen LogP contribution in [-0.4, -0.2) is 77.2 Å². The molecule has 0 unspecified atom stereocenters. The van der Waals surface area contributed by atoms with E-state index < -0.39 is 48.9 Å². The van der Waals surface area contributed by atoms with Gasteiger partial charge in [-0.15, -0.1) is 0 Å². The zero-order chi connectivity index (χ0) is 18.5. The van der Waals surface area contributed by atoms with Crippen LogP contribution in [-0.2, 0) is 4.74 Å². The van der Waals surface area contributed by atoms with E-state index in [9.17, 15) is 30.3 Å². The van der Waals surface area contributed by atoms with Crippen molar-refractivity contribution in [1.29, 1.82) is 0 Å². The van der Waals surface area contributed by atoms with E-state index in [-0.39, 0.29) is 17.0 Å². The lowest BCUT2D eigenvalue weighted by Gasteiger charge is -2.27. The number of hydrogen-bond donors (Lipinski definition) is 7. The van der Waals surface area contributed by atoms with Crippen LogP contribution in [0.25, 0.3) is 11.0 Å². The van der Waals surface area contributed by atoms with E-state index in [2.05, 4.69) is 9.97 Å². The molecule has 11 heteroatoms. The van der Waals surface area contributed by atoms with Gasteiger partial charge in [0.05, 0.1) is 12.0 Å². The van der Waals surface area contributed by atoms with E-state index in [1.165, 1.54) is 10.8 Å². The molecule has 25 heavy (non-hydrogen) atoms. The standard InChI is InChI=1S/C14H20N4O7/c1-4-2-18(11-6(4)12(24)17-14(15)16-11)13-10(23)9(22)8(21)7(20)5(3-19)25-13/h2,5,7-10,13,19-23H,3H2,1H3,(H3,15,16,17,24)/t5-,7-,8-,9-,10-,13-/m1/s1. The van der Waals surface area contributed by atoms with E-state index in [1.807, 2.05) is 0 Å². The molecule has 0 radical (unpaired) electrons. The summed E-state index contributed by atoms with van der Waals surface area (Å²) in [5, 5.41) is 50.0. The number of anilines is 1. The number of aliphatic hydroxyl groups is 5. The van der Waals surface area contributed by atoms with Crippen molar-refractivity contribution in [2.45, 2.75) is 43.7 Å². The second kappa shape index (κ2) is 6.37. The Morgan fingerprint density at radius 2 is 1.88 bits per heavy atom. The van der Waals surface area contributed by atoms with E-state index in [0.717, 1.165) is 0 Å². The number of aromatic amines is 1. The predicted molar refractivity (Wildman–Crippen MR) is 84.5 cm³/mol. The maximum absolute atomic E-state index is 12.1. The Bertz CT molecular complexity index is 832. The van der Waals surface area contributed by atoms with Crippen LogP contribution in [0.3, 0.4) is 0 Å². The summed E-state index contributed by atoms with van der Waals surface area (Å²) in [6.45, 7) is 0.973. The number of fused-ring (bicyclic) bond motifs is 1. The molecule has 0 spiro atoms. The molecule has 1 saturated heterocycles. The highest BCUT2D eigenvalue weighted by Crippen LogP contribution is 2.31. The molecule has 138 valence electrons. The van der Waals surface area contributed by atoms with Gasteiger partial charge in [-0.2, -0.15) is 4.98 Å². The van der Waals surface area contributed by atoms with Crippen LogP contribution in [0.4, 0.5) is 5.95 Å². The highest BCUT2D eigenvalue weighted by atomic mass is 16.6. The fourth-order valence-electron chi connectivity index (χ4n) is 3.06. The van der Waals surface area contributed by atoms with Gasteiger partial charge in [0, 0.05) is 6.20 Å². The Morgan fingerprint density at radius 3 is 2.52 bits per heavy atom. The number of aliphatic hydroxyl groups excluding tert-OH is 5. The minimum absolute atomic E-state index is 0.0950. The van der Waals surface area contributed by atoms with E-state index >= 15 is 0 Å². The predicted octanol–water partition coefficient (Wildman–Crippen LogP) is -3.05. The Balaban J connectivity index is 2.17. The lowest BCUT2D eigenvalue weighted by molar-refractivity contribution is -0.149. The second-order valence-electron chi connectivity index (χ2n) is 6.08. The summed E-state index contributed by atoms with van der Waals surface area (Å²) in [5.41, 5.74) is 5.69. The van der Waals surface area contributed by atoms with Gasteiger partial charge in [0.15, 0.2) is 11.9 Å². The van der Waals surface area contributed by atoms with Gasteiger partial charge in [0.2, 0.25) is 5.95 Å². The molecule has 1 aliphatic rings. The summed E-state index contributed by atoms with van der Waals surface area (Å²) in [5.74, 6) is -0.153. The zero-order valence-corrected chi connectivity index (χ0v) is 13.3. The van der Waals surface area contributed by atoms with Crippen molar-refractivity contribution in [1.82, 2.24) is 14.5 Å². The number of nitrogens with one attached hydrogen (secondary N) is 1. The van der Waals surface area contributed by atoms with Gasteiger partial charge >= 0.3 is 0 Å². The lowest BCUT2D eigenvalue weighted by atomic mass is 10.0. The first-order chi connectivity index (χ1) is 11.8. The van der Waals surface area contributed by atoms with Crippen LogP contribution in [0, 0.1) is 6.92 Å². The molecule has 11 nitrogen and oxygen atoms in total. The molecule has 0 saturated carbocycles. The average molecular weight is 356 g/mol. The molecule has 0 aliphatic carbocycles. The quantitative estimate of drug-likeness (QED) is 0.293. The minimum Gasteiger partial charge on any atom is -0.394 e. The molecule has 6 atom stereocenters. The molecule has 1 aliphatic heterocycles. The third-order valence-corrected chi connectivity index (χ3v) is 4.38. The lowest BCUT2D eigenvalue weighted by Crippen LogP contribution is -2.47. The number of aromatic nitrogens is 3. The third kappa shape index (κ3) is 2.80. The summed E-state index contributed by atoms with van der Waals surface area (Å²) < 4.78 is 6.79. The number of H-pyrrole nitrogens is 1. The molecular formula is C14H20N4O7.